The van der Waals surface area contributed by atoms with Gasteiger partial charge in [0.05, 0.1) is 5.92 Å². The number of primary amides is 1. The monoisotopic (exact) mass is 286 g/mol. The minimum atomic E-state index is -0.358. The summed E-state index contributed by atoms with van der Waals surface area (Å²) in [5.41, 5.74) is 7.48. The van der Waals surface area contributed by atoms with E-state index in [1.165, 1.54) is 0 Å². The van der Waals surface area contributed by atoms with Crippen molar-refractivity contribution >= 4 is 11.8 Å². The summed E-state index contributed by atoms with van der Waals surface area (Å²) in [7, 11) is 0. The quantitative estimate of drug-likeness (QED) is 0.766. The van der Waals surface area contributed by atoms with Gasteiger partial charge in [0.1, 0.15) is 6.61 Å². The van der Waals surface area contributed by atoms with Crippen LogP contribution in [0, 0.1) is 24.7 Å². The van der Waals surface area contributed by atoms with Crippen molar-refractivity contribution in [1.82, 2.24) is 4.90 Å². The van der Waals surface area contributed by atoms with Crippen LogP contribution in [-0.2, 0) is 4.79 Å². The van der Waals surface area contributed by atoms with Crippen molar-refractivity contribution in [3.05, 3.63) is 34.9 Å². The molecule has 5 heteroatoms. The lowest BCUT2D eigenvalue weighted by Gasteiger charge is -2.16. The maximum absolute atomic E-state index is 12.4. The van der Waals surface area contributed by atoms with E-state index < -0.39 is 0 Å². The van der Waals surface area contributed by atoms with Gasteiger partial charge in [0.25, 0.3) is 5.91 Å². The largest absolute Gasteiger partial charge is 0.384 e. The Labute approximate surface area is 123 Å². The van der Waals surface area contributed by atoms with Gasteiger partial charge in [0.15, 0.2) is 0 Å². The van der Waals surface area contributed by atoms with Crippen LogP contribution in [0.4, 0.5) is 0 Å². The van der Waals surface area contributed by atoms with Crippen molar-refractivity contribution in [3.8, 4) is 11.8 Å². The highest BCUT2D eigenvalue weighted by Crippen LogP contribution is 2.19. The van der Waals surface area contributed by atoms with E-state index >= 15 is 0 Å². The molecule has 1 aliphatic heterocycles. The first kappa shape index (κ1) is 15.1. The fraction of sp³-hybridized carbons (Fsp3) is 0.375. The maximum Gasteiger partial charge on any atom is 0.253 e. The topological polar surface area (TPSA) is 83.6 Å². The van der Waals surface area contributed by atoms with Gasteiger partial charge in [0, 0.05) is 24.2 Å². The van der Waals surface area contributed by atoms with Gasteiger partial charge in [-0.2, -0.15) is 0 Å². The standard InChI is InChI=1S/C16H18N2O3/c1-11-4-5-13(9-12(11)3-2-8-19)16(21)18-7-6-14(10-18)15(17)20/h4-5,9,14,19H,6-8,10H2,1H3,(H2,17,20). The first-order valence-corrected chi connectivity index (χ1v) is 6.82. The summed E-state index contributed by atoms with van der Waals surface area (Å²) in [6.45, 7) is 2.59. The molecule has 1 aromatic rings. The van der Waals surface area contributed by atoms with Crippen LogP contribution in [0.25, 0.3) is 0 Å². The van der Waals surface area contributed by atoms with Crippen LogP contribution < -0.4 is 5.73 Å². The summed E-state index contributed by atoms with van der Waals surface area (Å²) in [4.78, 5) is 25.2. The van der Waals surface area contributed by atoms with Gasteiger partial charge in [-0.1, -0.05) is 17.9 Å². The van der Waals surface area contributed by atoms with Gasteiger partial charge in [-0.05, 0) is 31.0 Å². The normalized spacial score (nSPS) is 17.2. The molecule has 0 saturated carbocycles. The Balaban J connectivity index is 2.18. The summed E-state index contributed by atoms with van der Waals surface area (Å²) in [5.74, 6) is 4.68. The van der Waals surface area contributed by atoms with E-state index in [-0.39, 0.29) is 24.3 Å². The second-order valence-corrected chi connectivity index (χ2v) is 5.13. The number of likely N-dealkylation sites (tertiary alicyclic amines) is 1. The molecule has 1 heterocycles. The molecule has 1 fully saturated rings. The number of hydrogen-bond acceptors (Lipinski definition) is 3. The molecule has 0 spiro atoms. The number of amides is 2. The van der Waals surface area contributed by atoms with Crippen molar-refractivity contribution < 1.29 is 14.7 Å². The summed E-state index contributed by atoms with van der Waals surface area (Å²) < 4.78 is 0. The molecule has 2 rings (SSSR count). The van der Waals surface area contributed by atoms with Crippen LogP contribution in [0.1, 0.15) is 27.9 Å². The first-order chi connectivity index (χ1) is 10.0. The highest BCUT2D eigenvalue weighted by atomic mass is 16.2. The second kappa shape index (κ2) is 6.42. The summed E-state index contributed by atoms with van der Waals surface area (Å²) in [5, 5.41) is 8.76. The molecule has 2 amide bonds. The third-order valence-electron chi connectivity index (χ3n) is 3.66. The van der Waals surface area contributed by atoms with E-state index in [1.807, 2.05) is 13.0 Å². The Morgan fingerprint density at radius 1 is 1.48 bits per heavy atom. The maximum atomic E-state index is 12.4. The highest BCUT2D eigenvalue weighted by Gasteiger charge is 2.30. The van der Waals surface area contributed by atoms with Crippen LogP contribution in [0.3, 0.4) is 0 Å². The fourth-order valence-corrected chi connectivity index (χ4v) is 2.38. The van der Waals surface area contributed by atoms with Crippen LogP contribution in [0.2, 0.25) is 0 Å². The Bertz CT molecular complexity index is 628. The molecule has 1 unspecified atom stereocenters. The van der Waals surface area contributed by atoms with Crippen LogP contribution in [0.5, 0.6) is 0 Å². The average Bonchev–Trinajstić information content (AvgIpc) is 2.95. The number of rotatable bonds is 2. The number of nitrogens with two attached hydrogens (primary N) is 1. The lowest BCUT2D eigenvalue weighted by molar-refractivity contribution is -0.121. The number of aliphatic hydroxyl groups excluding tert-OH is 1. The van der Waals surface area contributed by atoms with Gasteiger partial charge in [-0.25, -0.2) is 0 Å². The molecule has 0 bridgehead atoms. The van der Waals surface area contributed by atoms with E-state index in [4.69, 9.17) is 10.8 Å². The van der Waals surface area contributed by atoms with Crippen LogP contribution in [0.15, 0.2) is 18.2 Å². The van der Waals surface area contributed by atoms with E-state index in [9.17, 15) is 9.59 Å². The number of benzene rings is 1. The number of aryl methyl sites for hydroxylation is 1. The number of hydrogen-bond donors (Lipinski definition) is 2. The van der Waals surface area contributed by atoms with E-state index in [2.05, 4.69) is 11.8 Å². The SMILES string of the molecule is Cc1ccc(C(=O)N2CCC(C(N)=O)C2)cc1C#CCO. The molecular formula is C16H18N2O3. The van der Waals surface area contributed by atoms with Crippen molar-refractivity contribution in [2.45, 2.75) is 13.3 Å². The minimum absolute atomic E-state index is 0.120. The molecule has 0 radical (unpaired) electrons. The summed E-state index contributed by atoms with van der Waals surface area (Å²) in [6, 6.07) is 5.30. The van der Waals surface area contributed by atoms with Crippen molar-refractivity contribution in [3.63, 3.8) is 0 Å². The Morgan fingerprint density at radius 3 is 2.86 bits per heavy atom. The second-order valence-electron chi connectivity index (χ2n) is 5.13. The Kier molecular flexibility index (Phi) is 4.61. The highest BCUT2D eigenvalue weighted by molar-refractivity contribution is 5.95. The fourth-order valence-electron chi connectivity index (χ4n) is 2.38. The molecule has 110 valence electrons. The zero-order chi connectivity index (χ0) is 15.4. The number of nitrogens with zero attached hydrogens (tertiary/aromatic N) is 1. The Morgan fingerprint density at radius 2 is 2.24 bits per heavy atom. The van der Waals surface area contributed by atoms with E-state index in [0.717, 1.165) is 11.1 Å². The zero-order valence-electron chi connectivity index (χ0n) is 11.9. The third-order valence-corrected chi connectivity index (χ3v) is 3.66. The lowest BCUT2D eigenvalue weighted by Crippen LogP contribution is -2.31. The lowest BCUT2D eigenvalue weighted by atomic mass is 10.0. The van der Waals surface area contributed by atoms with Gasteiger partial charge in [0.2, 0.25) is 5.91 Å². The molecule has 3 N–H and O–H groups in total. The smallest absolute Gasteiger partial charge is 0.253 e. The van der Waals surface area contributed by atoms with Crippen molar-refractivity contribution in [2.24, 2.45) is 11.7 Å². The Hall–Kier alpha value is -2.32. The van der Waals surface area contributed by atoms with Crippen molar-refractivity contribution in [2.75, 3.05) is 19.7 Å². The summed E-state index contributed by atoms with van der Waals surface area (Å²) in [6.07, 6.45) is 0.615. The minimum Gasteiger partial charge on any atom is -0.384 e. The average molecular weight is 286 g/mol. The van der Waals surface area contributed by atoms with E-state index in [0.29, 0.717) is 25.1 Å². The molecule has 5 nitrogen and oxygen atoms in total. The van der Waals surface area contributed by atoms with Crippen LogP contribution in [-0.4, -0.2) is 41.5 Å². The van der Waals surface area contributed by atoms with Crippen molar-refractivity contribution in [1.29, 1.82) is 0 Å². The predicted molar refractivity (Wildman–Crippen MR) is 78.3 cm³/mol. The number of carbonyl (C=O) groups excluding carboxylic acids is 2. The van der Waals surface area contributed by atoms with E-state index in [1.54, 1.807) is 17.0 Å². The molecule has 1 atom stereocenters. The zero-order valence-corrected chi connectivity index (χ0v) is 11.9. The number of carbonyl (C=O) groups is 2. The molecule has 0 aromatic heterocycles. The van der Waals surface area contributed by atoms with Gasteiger partial charge >= 0.3 is 0 Å². The van der Waals surface area contributed by atoms with Gasteiger partial charge in [-0.3, -0.25) is 9.59 Å². The molecule has 0 aliphatic carbocycles. The van der Waals surface area contributed by atoms with Crippen LogP contribution >= 0.6 is 0 Å². The summed E-state index contributed by atoms with van der Waals surface area (Å²) >= 11 is 0. The molecule has 1 saturated heterocycles. The van der Waals surface area contributed by atoms with Gasteiger partial charge in [-0.15, -0.1) is 0 Å². The number of aliphatic hydroxyl groups is 1. The molecule has 21 heavy (non-hydrogen) atoms. The van der Waals surface area contributed by atoms with Gasteiger partial charge < -0.3 is 15.7 Å². The molecule has 1 aromatic carbocycles. The first-order valence-electron chi connectivity index (χ1n) is 6.82. The molecule has 1 aliphatic rings. The molecular weight excluding hydrogens is 268 g/mol. The predicted octanol–water partition coefficient (Wildman–Crippen LogP) is 0.286. The third kappa shape index (κ3) is 3.41.